The molecule has 1 aliphatic rings. The highest BCUT2D eigenvalue weighted by molar-refractivity contribution is 8.18. The van der Waals surface area contributed by atoms with E-state index in [-0.39, 0.29) is 35.5 Å². The van der Waals surface area contributed by atoms with E-state index in [1.54, 1.807) is 30.3 Å². The van der Waals surface area contributed by atoms with Gasteiger partial charge in [0.2, 0.25) is 0 Å². The van der Waals surface area contributed by atoms with Crippen molar-refractivity contribution in [2.75, 3.05) is 13.1 Å². The number of rotatable bonds is 8. The van der Waals surface area contributed by atoms with E-state index in [1.807, 2.05) is 38.1 Å². The molecule has 0 aliphatic carbocycles. The summed E-state index contributed by atoms with van der Waals surface area (Å²) in [5.74, 6) is -0.847. The zero-order valence-electron chi connectivity index (χ0n) is 19.6. The van der Waals surface area contributed by atoms with E-state index in [4.69, 9.17) is 0 Å². The van der Waals surface area contributed by atoms with Crippen LogP contribution in [-0.4, -0.2) is 44.8 Å². The molecule has 2 heterocycles. The molecule has 2 aromatic carbocycles. The number of aromatic nitrogens is 2. The van der Waals surface area contributed by atoms with Crippen molar-refractivity contribution < 1.29 is 14.4 Å². The van der Waals surface area contributed by atoms with Crippen LogP contribution < -0.4 is 10.9 Å². The average molecular weight is 491 g/mol. The molecule has 0 saturated carbocycles. The second-order valence-electron chi connectivity index (χ2n) is 8.28. The van der Waals surface area contributed by atoms with Crippen LogP contribution in [0, 0.1) is 6.92 Å². The Balaban J connectivity index is 1.46. The number of carbonyl (C=O) groups excluding carboxylic acids is 3. The minimum Gasteiger partial charge on any atom is -0.349 e. The van der Waals surface area contributed by atoms with E-state index in [0.29, 0.717) is 22.2 Å². The monoisotopic (exact) mass is 490 g/mol. The van der Waals surface area contributed by atoms with E-state index in [1.165, 1.54) is 4.68 Å². The maximum Gasteiger partial charge on any atom is 0.293 e. The van der Waals surface area contributed by atoms with E-state index in [9.17, 15) is 19.2 Å². The number of benzene rings is 2. The van der Waals surface area contributed by atoms with Gasteiger partial charge in [-0.1, -0.05) is 61.4 Å². The Hall–Kier alpha value is -3.72. The van der Waals surface area contributed by atoms with Crippen LogP contribution in [0.15, 0.2) is 58.2 Å². The van der Waals surface area contributed by atoms with Gasteiger partial charge < -0.3 is 5.32 Å². The van der Waals surface area contributed by atoms with Gasteiger partial charge >= 0.3 is 0 Å². The summed E-state index contributed by atoms with van der Waals surface area (Å²) in [5, 5.41) is 7.57. The van der Waals surface area contributed by atoms with Crippen LogP contribution in [0.4, 0.5) is 4.79 Å². The van der Waals surface area contributed by atoms with Crippen LogP contribution in [0.3, 0.4) is 0 Å². The number of nitrogens with one attached hydrogen (secondary N) is 1. The molecule has 4 rings (SSSR count). The first-order valence-corrected chi connectivity index (χ1v) is 12.3. The van der Waals surface area contributed by atoms with E-state index >= 15 is 0 Å². The number of imide groups is 1. The molecular weight excluding hydrogens is 464 g/mol. The molecule has 0 bridgehead atoms. The van der Waals surface area contributed by atoms with Crippen molar-refractivity contribution in [2.24, 2.45) is 0 Å². The average Bonchev–Trinajstić information content (AvgIpc) is 3.12. The van der Waals surface area contributed by atoms with Gasteiger partial charge in [-0.25, -0.2) is 4.68 Å². The molecule has 1 fully saturated rings. The van der Waals surface area contributed by atoms with Gasteiger partial charge in [-0.05, 0) is 42.8 Å². The van der Waals surface area contributed by atoms with Gasteiger partial charge in [-0.3, -0.25) is 24.1 Å². The summed E-state index contributed by atoms with van der Waals surface area (Å²) in [7, 11) is 0. The largest absolute Gasteiger partial charge is 0.349 e. The van der Waals surface area contributed by atoms with E-state index < -0.39 is 5.91 Å². The number of carbonyl (C=O) groups is 3. The molecular formula is C26H26N4O4S. The normalized spacial score (nSPS) is 14.8. The second kappa shape index (κ2) is 10.7. The van der Waals surface area contributed by atoms with Crippen molar-refractivity contribution >= 4 is 45.7 Å². The van der Waals surface area contributed by atoms with E-state index in [2.05, 4.69) is 10.4 Å². The van der Waals surface area contributed by atoms with Crippen molar-refractivity contribution in [2.45, 2.75) is 33.2 Å². The molecule has 9 heteroatoms. The molecule has 3 aromatic rings. The van der Waals surface area contributed by atoms with Crippen LogP contribution in [0.2, 0.25) is 0 Å². The highest BCUT2D eigenvalue weighted by Crippen LogP contribution is 2.31. The summed E-state index contributed by atoms with van der Waals surface area (Å²) in [6.07, 6.45) is 3.35. The first-order chi connectivity index (χ1) is 16.9. The molecule has 1 N–H and O–H groups in total. The fraction of sp³-hybridized carbons (Fsp3) is 0.269. The van der Waals surface area contributed by atoms with Gasteiger partial charge in [0.1, 0.15) is 0 Å². The maximum atomic E-state index is 13.0. The van der Waals surface area contributed by atoms with Gasteiger partial charge in [0.05, 0.1) is 10.3 Å². The number of hydrogen-bond donors (Lipinski definition) is 1. The molecule has 3 amide bonds. The van der Waals surface area contributed by atoms with Crippen molar-refractivity contribution in [3.8, 4) is 0 Å². The third-order valence-electron chi connectivity index (χ3n) is 5.68. The molecule has 0 unspecified atom stereocenters. The molecule has 8 nitrogen and oxygen atoms in total. The Morgan fingerprint density at radius 1 is 1.03 bits per heavy atom. The number of amides is 3. The lowest BCUT2D eigenvalue weighted by Gasteiger charge is -2.14. The minimum absolute atomic E-state index is 0.0368. The standard InChI is InChI=1S/C26H26N4O4S/c1-3-4-14-30-24(32)20-8-6-5-7-19(20)22(28-30)23(31)27-13-15-29-25(33)21(35-26(29)34)16-18-11-9-17(2)10-12-18/h5-12,16H,3-4,13-15H2,1-2H3,(H,27,31). The zero-order valence-corrected chi connectivity index (χ0v) is 20.4. The molecule has 0 atom stereocenters. The van der Waals surface area contributed by atoms with Gasteiger partial charge in [0.15, 0.2) is 5.69 Å². The summed E-state index contributed by atoms with van der Waals surface area (Å²) >= 11 is 0.884. The lowest BCUT2D eigenvalue weighted by Crippen LogP contribution is -2.38. The lowest BCUT2D eigenvalue weighted by molar-refractivity contribution is -0.122. The lowest BCUT2D eigenvalue weighted by atomic mass is 10.1. The summed E-state index contributed by atoms with van der Waals surface area (Å²) in [4.78, 5) is 52.3. The SMILES string of the molecule is CCCCn1nc(C(=O)NCCN2C(=O)SC(=Cc3ccc(C)cc3)C2=O)c2ccccc2c1=O. The first-order valence-electron chi connectivity index (χ1n) is 11.5. The maximum absolute atomic E-state index is 13.0. The predicted molar refractivity (Wildman–Crippen MR) is 137 cm³/mol. The third kappa shape index (κ3) is 5.35. The molecule has 35 heavy (non-hydrogen) atoms. The topological polar surface area (TPSA) is 101 Å². The van der Waals surface area contributed by atoms with Crippen LogP contribution >= 0.6 is 11.8 Å². The number of nitrogens with zero attached hydrogens (tertiary/aromatic N) is 3. The van der Waals surface area contributed by atoms with Crippen LogP contribution in [0.25, 0.3) is 16.8 Å². The number of aryl methyl sites for hydroxylation is 2. The number of unbranched alkanes of at least 4 members (excludes halogenated alkanes) is 1. The van der Waals surface area contributed by atoms with Gasteiger partial charge in [0, 0.05) is 25.0 Å². The van der Waals surface area contributed by atoms with Crippen molar-refractivity contribution in [3.05, 3.63) is 80.6 Å². The fourth-order valence-electron chi connectivity index (χ4n) is 3.73. The number of fused-ring (bicyclic) bond motifs is 1. The highest BCUT2D eigenvalue weighted by Gasteiger charge is 2.34. The van der Waals surface area contributed by atoms with Crippen LogP contribution in [0.1, 0.15) is 41.4 Å². The third-order valence-corrected chi connectivity index (χ3v) is 6.58. The Morgan fingerprint density at radius 3 is 2.46 bits per heavy atom. The molecule has 1 saturated heterocycles. The van der Waals surface area contributed by atoms with Crippen LogP contribution in [-0.2, 0) is 11.3 Å². The Morgan fingerprint density at radius 2 is 1.74 bits per heavy atom. The van der Waals surface area contributed by atoms with Crippen molar-refractivity contribution in [1.29, 1.82) is 0 Å². The first kappa shape index (κ1) is 24.4. The minimum atomic E-state index is -0.464. The summed E-state index contributed by atoms with van der Waals surface area (Å²) < 4.78 is 1.33. The highest BCUT2D eigenvalue weighted by atomic mass is 32.2. The van der Waals surface area contributed by atoms with Gasteiger partial charge in [-0.15, -0.1) is 0 Å². The molecule has 180 valence electrons. The van der Waals surface area contributed by atoms with Crippen molar-refractivity contribution in [1.82, 2.24) is 20.0 Å². The Kier molecular flexibility index (Phi) is 7.45. The second-order valence-corrected chi connectivity index (χ2v) is 9.27. The van der Waals surface area contributed by atoms with Gasteiger partial charge in [-0.2, -0.15) is 5.10 Å². The molecule has 1 aliphatic heterocycles. The fourth-order valence-corrected chi connectivity index (χ4v) is 4.60. The van der Waals surface area contributed by atoms with Crippen molar-refractivity contribution in [3.63, 3.8) is 0 Å². The predicted octanol–water partition coefficient (Wildman–Crippen LogP) is 3.97. The molecule has 1 aromatic heterocycles. The summed E-state index contributed by atoms with van der Waals surface area (Å²) in [6, 6.07) is 14.5. The summed E-state index contributed by atoms with van der Waals surface area (Å²) in [6.45, 7) is 4.52. The molecule has 0 radical (unpaired) electrons. The van der Waals surface area contributed by atoms with E-state index in [0.717, 1.165) is 40.6 Å². The number of thioether (sulfide) groups is 1. The smallest absolute Gasteiger partial charge is 0.293 e. The Bertz CT molecular complexity index is 1380. The Labute approximate surface area is 207 Å². The molecule has 0 spiro atoms. The number of hydrogen-bond acceptors (Lipinski definition) is 6. The quantitative estimate of drug-likeness (QED) is 0.480. The summed E-state index contributed by atoms with van der Waals surface area (Å²) in [5.41, 5.74) is 1.85. The van der Waals surface area contributed by atoms with Gasteiger partial charge in [0.25, 0.3) is 22.6 Å². The van der Waals surface area contributed by atoms with Crippen LogP contribution in [0.5, 0.6) is 0 Å². The zero-order chi connectivity index (χ0) is 24.9.